The zero-order valence-electron chi connectivity index (χ0n) is 18.3. The van der Waals surface area contributed by atoms with E-state index in [1.807, 2.05) is 38.1 Å². The average Bonchev–Trinajstić information content (AvgIpc) is 2.78. The number of nitrogens with zero attached hydrogens (tertiary/aromatic N) is 1. The molecule has 0 radical (unpaired) electrons. The van der Waals surface area contributed by atoms with Gasteiger partial charge in [0.05, 0.1) is 18.6 Å². The number of amides is 1. The zero-order valence-corrected chi connectivity index (χ0v) is 19.1. The van der Waals surface area contributed by atoms with Crippen molar-refractivity contribution in [2.24, 2.45) is 5.41 Å². The molecule has 168 valence electrons. The van der Waals surface area contributed by atoms with Crippen molar-refractivity contribution >= 4 is 15.9 Å². The number of carbonyl (C=O) groups excluding carboxylic acids is 1. The van der Waals surface area contributed by atoms with E-state index in [1.165, 1.54) is 4.31 Å². The van der Waals surface area contributed by atoms with Crippen molar-refractivity contribution in [2.75, 3.05) is 26.8 Å². The molecule has 1 aliphatic heterocycles. The Morgan fingerprint density at radius 3 is 2.16 bits per heavy atom. The molecule has 8 heteroatoms. The van der Waals surface area contributed by atoms with Gasteiger partial charge in [-0.15, -0.1) is 0 Å². The summed E-state index contributed by atoms with van der Waals surface area (Å²) < 4.78 is 37.9. The largest absolute Gasteiger partial charge is 0.497 e. The van der Waals surface area contributed by atoms with Crippen LogP contribution in [-0.4, -0.2) is 45.4 Å². The van der Waals surface area contributed by atoms with Crippen LogP contribution in [0.4, 0.5) is 0 Å². The number of nitrogens with one attached hydrogen (secondary N) is 1. The lowest BCUT2D eigenvalue weighted by molar-refractivity contribution is -0.132. The number of hydrogen-bond donors (Lipinski definition) is 1. The second kappa shape index (κ2) is 9.70. The van der Waals surface area contributed by atoms with Crippen LogP contribution in [0.3, 0.4) is 0 Å². The highest BCUT2D eigenvalue weighted by Gasteiger charge is 2.40. The first-order chi connectivity index (χ1) is 14.8. The first-order valence-electron chi connectivity index (χ1n) is 10.4. The van der Waals surface area contributed by atoms with Crippen LogP contribution in [0.2, 0.25) is 0 Å². The van der Waals surface area contributed by atoms with Crippen molar-refractivity contribution < 1.29 is 22.7 Å². The first-order valence-corrected chi connectivity index (χ1v) is 11.9. The summed E-state index contributed by atoms with van der Waals surface area (Å²) >= 11 is 0. The normalized spacial score (nSPS) is 16.5. The molecule has 2 aromatic rings. The lowest BCUT2D eigenvalue weighted by Gasteiger charge is -2.37. The third-order valence-electron chi connectivity index (χ3n) is 5.76. The molecule has 1 N–H and O–H groups in total. The Balaban J connectivity index is 1.58. The minimum atomic E-state index is -3.60. The van der Waals surface area contributed by atoms with Gasteiger partial charge in [0.25, 0.3) is 0 Å². The van der Waals surface area contributed by atoms with Gasteiger partial charge in [0.1, 0.15) is 11.5 Å². The standard InChI is InChI=1S/C23H30N2O5S/c1-4-30-20-9-11-21(12-10-20)31(27,28)25-15-13-23(2,14-16-25)22(26)24-17-18-5-7-19(29-3)8-6-18/h5-12H,4,13-17H2,1-3H3,(H,24,26). The summed E-state index contributed by atoms with van der Waals surface area (Å²) in [5.41, 5.74) is 0.380. The minimum absolute atomic E-state index is 0.0542. The maximum atomic E-state index is 13.0. The fourth-order valence-corrected chi connectivity index (χ4v) is 5.05. The molecule has 0 spiro atoms. The molecule has 0 aromatic heterocycles. The molecule has 7 nitrogen and oxygen atoms in total. The molecule has 1 amide bonds. The van der Waals surface area contributed by atoms with Crippen LogP contribution in [0.5, 0.6) is 11.5 Å². The van der Waals surface area contributed by atoms with E-state index in [0.717, 1.165) is 11.3 Å². The molecular formula is C23H30N2O5S. The molecule has 2 aromatic carbocycles. The molecule has 1 fully saturated rings. The summed E-state index contributed by atoms with van der Waals surface area (Å²) in [6, 6.07) is 14.0. The van der Waals surface area contributed by atoms with Crippen LogP contribution in [0, 0.1) is 5.41 Å². The van der Waals surface area contributed by atoms with Crippen molar-refractivity contribution in [3.05, 3.63) is 54.1 Å². The quantitative estimate of drug-likeness (QED) is 0.673. The summed E-state index contributed by atoms with van der Waals surface area (Å²) in [7, 11) is -1.99. The Morgan fingerprint density at radius 2 is 1.61 bits per heavy atom. The lowest BCUT2D eigenvalue weighted by Crippen LogP contribution is -2.48. The minimum Gasteiger partial charge on any atom is -0.497 e. The maximum Gasteiger partial charge on any atom is 0.243 e. The fraction of sp³-hybridized carbons (Fsp3) is 0.435. The van der Waals surface area contributed by atoms with E-state index in [1.54, 1.807) is 31.4 Å². The number of carbonyl (C=O) groups is 1. The molecule has 0 unspecified atom stereocenters. The number of methoxy groups -OCH3 is 1. The molecule has 31 heavy (non-hydrogen) atoms. The molecular weight excluding hydrogens is 416 g/mol. The van der Waals surface area contributed by atoms with Gasteiger partial charge in [-0.3, -0.25) is 4.79 Å². The summed E-state index contributed by atoms with van der Waals surface area (Å²) in [4.78, 5) is 13.1. The third kappa shape index (κ3) is 5.37. The van der Waals surface area contributed by atoms with Gasteiger partial charge in [-0.05, 0) is 61.7 Å². The predicted octanol–water partition coefficient (Wildman–Crippen LogP) is 3.20. The van der Waals surface area contributed by atoms with Crippen molar-refractivity contribution in [3.63, 3.8) is 0 Å². The average molecular weight is 447 g/mol. The Bertz CT molecular complexity index is 980. The van der Waals surface area contributed by atoms with E-state index in [4.69, 9.17) is 9.47 Å². The van der Waals surface area contributed by atoms with E-state index >= 15 is 0 Å². The summed E-state index contributed by atoms with van der Waals surface area (Å²) in [6.07, 6.45) is 0.940. The van der Waals surface area contributed by atoms with Gasteiger partial charge in [0.15, 0.2) is 0 Å². The van der Waals surface area contributed by atoms with E-state index in [2.05, 4.69) is 5.32 Å². The molecule has 1 heterocycles. The van der Waals surface area contributed by atoms with Gasteiger partial charge in [0, 0.05) is 25.0 Å². The SMILES string of the molecule is CCOc1ccc(S(=O)(=O)N2CCC(C)(C(=O)NCc3ccc(OC)cc3)CC2)cc1. The first kappa shape index (κ1) is 23.1. The number of sulfonamides is 1. The van der Waals surface area contributed by atoms with Crippen molar-refractivity contribution in [1.29, 1.82) is 0 Å². The van der Waals surface area contributed by atoms with E-state index in [9.17, 15) is 13.2 Å². The highest BCUT2D eigenvalue weighted by atomic mass is 32.2. The van der Waals surface area contributed by atoms with Crippen LogP contribution < -0.4 is 14.8 Å². The molecule has 1 saturated heterocycles. The monoisotopic (exact) mass is 446 g/mol. The summed E-state index contributed by atoms with van der Waals surface area (Å²) in [6.45, 7) is 5.34. The van der Waals surface area contributed by atoms with Crippen molar-refractivity contribution in [3.8, 4) is 11.5 Å². The predicted molar refractivity (Wildman–Crippen MR) is 119 cm³/mol. The molecule has 1 aliphatic rings. The van der Waals surface area contributed by atoms with Gasteiger partial charge < -0.3 is 14.8 Å². The number of hydrogen-bond acceptors (Lipinski definition) is 5. The fourth-order valence-electron chi connectivity index (χ4n) is 3.61. The Morgan fingerprint density at radius 1 is 1.03 bits per heavy atom. The van der Waals surface area contributed by atoms with Gasteiger partial charge in [-0.25, -0.2) is 8.42 Å². The lowest BCUT2D eigenvalue weighted by atomic mass is 9.80. The maximum absolute atomic E-state index is 13.0. The highest BCUT2D eigenvalue weighted by Crippen LogP contribution is 2.34. The molecule has 3 rings (SSSR count). The van der Waals surface area contributed by atoms with E-state index in [-0.39, 0.29) is 10.8 Å². The van der Waals surface area contributed by atoms with Crippen LogP contribution in [0.15, 0.2) is 53.4 Å². The van der Waals surface area contributed by atoms with Gasteiger partial charge >= 0.3 is 0 Å². The van der Waals surface area contributed by atoms with E-state index < -0.39 is 15.4 Å². The second-order valence-electron chi connectivity index (χ2n) is 7.90. The number of piperidine rings is 1. The third-order valence-corrected chi connectivity index (χ3v) is 7.67. The molecule has 0 saturated carbocycles. The van der Waals surface area contributed by atoms with Crippen LogP contribution in [-0.2, 0) is 21.4 Å². The van der Waals surface area contributed by atoms with Gasteiger partial charge in [-0.2, -0.15) is 4.31 Å². The number of ether oxygens (including phenoxy) is 2. The van der Waals surface area contributed by atoms with Crippen molar-refractivity contribution in [1.82, 2.24) is 9.62 Å². The smallest absolute Gasteiger partial charge is 0.243 e. The zero-order chi connectivity index (χ0) is 22.5. The molecule has 0 bridgehead atoms. The molecule has 0 atom stereocenters. The summed E-state index contributed by atoms with van der Waals surface area (Å²) in [5, 5.41) is 2.99. The van der Waals surface area contributed by atoms with Crippen LogP contribution in [0.1, 0.15) is 32.3 Å². The van der Waals surface area contributed by atoms with Gasteiger partial charge in [0.2, 0.25) is 15.9 Å². The van der Waals surface area contributed by atoms with Crippen molar-refractivity contribution in [2.45, 2.75) is 38.1 Å². The van der Waals surface area contributed by atoms with Crippen LogP contribution >= 0.6 is 0 Å². The number of rotatable bonds is 8. The second-order valence-corrected chi connectivity index (χ2v) is 9.84. The molecule has 0 aliphatic carbocycles. The number of benzene rings is 2. The highest BCUT2D eigenvalue weighted by molar-refractivity contribution is 7.89. The Labute approximate surface area is 184 Å². The Hall–Kier alpha value is -2.58. The Kier molecular flexibility index (Phi) is 7.23. The van der Waals surface area contributed by atoms with E-state index in [0.29, 0.717) is 44.8 Å². The summed E-state index contributed by atoms with van der Waals surface area (Å²) in [5.74, 6) is 1.35. The topological polar surface area (TPSA) is 84.9 Å². The van der Waals surface area contributed by atoms with Gasteiger partial charge in [-0.1, -0.05) is 19.1 Å². The van der Waals surface area contributed by atoms with Crippen LogP contribution in [0.25, 0.3) is 0 Å².